The summed E-state index contributed by atoms with van der Waals surface area (Å²) in [6.45, 7) is 4.37. The highest BCUT2D eigenvalue weighted by atomic mass is 16.5. The average molecular weight is 402 g/mol. The lowest BCUT2D eigenvalue weighted by Gasteiger charge is -2.23. The number of carbonyl (C=O) groups is 3. The molecular weight excluding hydrogens is 372 g/mol. The minimum atomic E-state index is -0.382. The lowest BCUT2D eigenvalue weighted by atomic mass is 9.83. The van der Waals surface area contributed by atoms with Gasteiger partial charge < -0.3 is 19.0 Å². The Morgan fingerprint density at radius 3 is 2.17 bits per heavy atom. The van der Waals surface area contributed by atoms with Gasteiger partial charge in [0, 0.05) is 12.0 Å². The molecule has 0 bridgehead atoms. The Hall–Kier alpha value is -2.63. The maximum atomic E-state index is 12.2. The SMILES string of the molecule is C=CC(=O)OCCCCCCOc1ccc(OC(=O)C2CCC(C=O)CC2)cc1. The topological polar surface area (TPSA) is 78.9 Å². The second kappa shape index (κ2) is 12.8. The second-order valence-electron chi connectivity index (χ2n) is 7.27. The second-order valence-corrected chi connectivity index (χ2v) is 7.27. The third kappa shape index (κ3) is 8.50. The lowest BCUT2D eigenvalue weighted by Crippen LogP contribution is -2.26. The summed E-state index contributed by atoms with van der Waals surface area (Å²) < 4.78 is 16.1. The first-order chi connectivity index (χ1) is 14.1. The molecule has 0 aliphatic heterocycles. The number of benzene rings is 1. The number of aldehydes is 1. The molecule has 0 unspecified atom stereocenters. The summed E-state index contributed by atoms with van der Waals surface area (Å²) in [5.74, 6) is 0.604. The van der Waals surface area contributed by atoms with Crippen molar-refractivity contribution in [2.24, 2.45) is 11.8 Å². The zero-order chi connectivity index (χ0) is 20.9. The third-order valence-corrected chi connectivity index (χ3v) is 5.06. The number of hydrogen-bond donors (Lipinski definition) is 0. The summed E-state index contributed by atoms with van der Waals surface area (Å²) in [4.78, 5) is 33.9. The van der Waals surface area contributed by atoms with E-state index in [0.29, 0.717) is 31.8 Å². The summed E-state index contributed by atoms with van der Waals surface area (Å²) >= 11 is 0. The van der Waals surface area contributed by atoms with E-state index < -0.39 is 0 Å². The van der Waals surface area contributed by atoms with Gasteiger partial charge in [0.05, 0.1) is 19.1 Å². The van der Waals surface area contributed by atoms with Crippen molar-refractivity contribution < 1.29 is 28.6 Å². The predicted octanol–water partition coefficient (Wildman–Crippen LogP) is 4.27. The van der Waals surface area contributed by atoms with E-state index in [1.807, 2.05) is 0 Å². The maximum absolute atomic E-state index is 12.2. The van der Waals surface area contributed by atoms with E-state index in [0.717, 1.165) is 50.6 Å². The van der Waals surface area contributed by atoms with E-state index in [9.17, 15) is 14.4 Å². The Kier molecular flexibility index (Phi) is 9.96. The molecular formula is C23H30O6. The number of ether oxygens (including phenoxy) is 3. The minimum Gasteiger partial charge on any atom is -0.494 e. The summed E-state index contributed by atoms with van der Waals surface area (Å²) in [6, 6.07) is 7.05. The molecule has 1 aliphatic rings. The molecule has 1 aromatic rings. The predicted molar refractivity (Wildman–Crippen MR) is 109 cm³/mol. The van der Waals surface area contributed by atoms with Crippen molar-refractivity contribution in [1.82, 2.24) is 0 Å². The number of esters is 2. The molecule has 0 spiro atoms. The van der Waals surface area contributed by atoms with Crippen molar-refractivity contribution in [3.05, 3.63) is 36.9 Å². The van der Waals surface area contributed by atoms with Crippen LogP contribution in [0.5, 0.6) is 11.5 Å². The first-order valence-corrected chi connectivity index (χ1v) is 10.3. The molecule has 0 saturated heterocycles. The monoisotopic (exact) mass is 402 g/mol. The van der Waals surface area contributed by atoms with Crippen molar-refractivity contribution in [3.63, 3.8) is 0 Å². The van der Waals surface area contributed by atoms with Gasteiger partial charge in [-0.15, -0.1) is 0 Å². The molecule has 158 valence electrons. The smallest absolute Gasteiger partial charge is 0.330 e. The van der Waals surface area contributed by atoms with Crippen LogP contribution < -0.4 is 9.47 Å². The minimum absolute atomic E-state index is 0.0882. The molecule has 0 radical (unpaired) electrons. The van der Waals surface area contributed by atoms with Crippen molar-refractivity contribution in [1.29, 1.82) is 0 Å². The average Bonchev–Trinajstić information content (AvgIpc) is 2.76. The first-order valence-electron chi connectivity index (χ1n) is 10.3. The van der Waals surface area contributed by atoms with Crippen molar-refractivity contribution in [3.8, 4) is 11.5 Å². The largest absolute Gasteiger partial charge is 0.494 e. The molecule has 0 heterocycles. The standard InChI is InChI=1S/C23H30O6/c1-2-22(25)28-16-6-4-3-5-15-27-20-11-13-21(14-12-20)29-23(26)19-9-7-18(17-24)8-10-19/h2,11-14,17-19H,1,3-10,15-16H2. The summed E-state index contributed by atoms with van der Waals surface area (Å²) in [5.41, 5.74) is 0. The quantitative estimate of drug-likeness (QED) is 0.171. The van der Waals surface area contributed by atoms with Gasteiger partial charge in [0.2, 0.25) is 0 Å². The van der Waals surface area contributed by atoms with Gasteiger partial charge in [-0.1, -0.05) is 6.58 Å². The van der Waals surface area contributed by atoms with Crippen LogP contribution in [0.3, 0.4) is 0 Å². The molecule has 29 heavy (non-hydrogen) atoms. The zero-order valence-corrected chi connectivity index (χ0v) is 16.8. The Morgan fingerprint density at radius 2 is 1.55 bits per heavy atom. The maximum Gasteiger partial charge on any atom is 0.330 e. The molecule has 0 N–H and O–H groups in total. The Bertz CT molecular complexity index is 658. The van der Waals surface area contributed by atoms with Crippen LogP contribution in [-0.4, -0.2) is 31.4 Å². The lowest BCUT2D eigenvalue weighted by molar-refractivity contribution is -0.140. The van der Waals surface area contributed by atoms with Crippen LogP contribution in [0.25, 0.3) is 0 Å². The van der Waals surface area contributed by atoms with Crippen LogP contribution in [0.1, 0.15) is 51.4 Å². The fourth-order valence-electron chi connectivity index (χ4n) is 3.27. The van der Waals surface area contributed by atoms with Crippen molar-refractivity contribution >= 4 is 18.2 Å². The summed E-state index contributed by atoms with van der Waals surface area (Å²) in [5, 5.41) is 0. The van der Waals surface area contributed by atoms with Gasteiger partial charge in [0.15, 0.2) is 0 Å². The number of rotatable bonds is 12. The van der Waals surface area contributed by atoms with Crippen molar-refractivity contribution in [2.45, 2.75) is 51.4 Å². The van der Waals surface area contributed by atoms with E-state index >= 15 is 0 Å². The normalized spacial score (nSPS) is 18.5. The van der Waals surface area contributed by atoms with E-state index in [-0.39, 0.29) is 23.8 Å². The Labute approximate surface area is 172 Å². The van der Waals surface area contributed by atoms with Crippen LogP contribution in [0.4, 0.5) is 0 Å². The first kappa shape index (κ1) is 22.7. The molecule has 0 aromatic heterocycles. The van der Waals surface area contributed by atoms with E-state index in [1.165, 1.54) is 6.08 Å². The summed E-state index contributed by atoms with van der Waals surface area (Å²) in [6.07, 6.45) is 8.80. The molecule has 0 amide bonds. The van der Waals surface area contributed by atoms with Crippen LogP contribution in [0, 0.1) is 11.8 Å². The van der Waals surface area contributed by atoms with Crippen LogP contribution in [-0.2, 0) is 19.1 Å². The highest BCUT2D eigenvalue weighted by Crippen LogP contribution is 2.29. The van der Waals surface area contributed by atoms with Gasteiger partial charge >= 0.3 is 11.9 Å². The molecule has 2 rings (SSSR count). The van der Waals surface area contributed by atoms with Crippen LogP contribution in [0.2, 0.25) is 0 Å². The highest BCUT2D eigenvalue weighted by Gasteiger charge is 2.27. The number of unbranched alkanes of at least 4 members (excludes halogenated alkanes) is 3. The van der Waals surface area contributed by atoms with Gasteiger partial charge in [0.1, 0.15) is 17.8 Å². The molecule has 6 nitrogen and oxygen atoms in total. The van der Waals surface area contributed by atoms with Crippen molar-refractivity contribution in [2.75, 3.05) is 13.2 Å². The third-order valence-electron chi connectivity index (χ3n) is 5.06. The molecule has 1 aliphatic carbocycles. The van der Waals surface area contributed by atoms with E-state index in [1.54, 1.807) is 24.3 Å². The Balaban J connectivity index is 1.58. The van der Waals surface area contributed by atoms with Crippen LogP contribution in [0.15, 0.2) is 36.9 Å². The fourth-order valence-corrected chi connectivity index (χ4v) is 3.27. The van der Waals surface area contributed by atoms with Gasteiger partial charge in [-0.3, -0.25) is 4.79 Å². The highest BCUT2D eigenvalue weighted by molar-refractivity contribution is 5.81. The van der Waals surface area contributed by atoms with Gasteiger partial charge in [-0.2, -0.15) is 0 Å². The van der Waals surface area contributed by atoms with Gasteiger partial charge in [-0.05, 0) is 75.6 Å². The molecule has 6 heteroatoms. The molecule has 0 atom stereocenters. The number of hydrogen-bond acceptors (Lipinski definition) is 6. The van der Waals surface area contributed by atoms with E-state index in [2.05, 4.69) is 6.58 Å². The summed E-state index contributed by atoms with van der Waals surface area (Å²) in [7, 11) is 0. The number of carbonyl (C=O) groups excluding carboxylic acids is 3. The fraction of sp³-hybridized carbons (Fsp3) is 0.522. The van der Waals surface area contributed by atoms with Gasteiger partial charge in [0.25, 0.3) is 0 Å². The Morgan fingerprint density at radius 1 is 0.931 bits per heavy atom. The van der Waals surface area contributed by atoms with Gasteiger partial charge in [-0.25, -0.2) is 4.79 Å². The van der Waals surface area contributed by atoms with E-state index in [4.69, 9.17) is 14.2 Å². The molecule has 1 saturated carbocycles. The zero-order valence-electron chi connectivity index (χ0n) is 16.8. The van der Waals surface area contributed by atoms with Crippen LogP contribution >= 0.6 is 0 Å². The molecule has 1 fully saturated rings. The molecule has 1 aromatic carbocycles.